The number of aliphatic hydroxyl groups is 1. The number of ether oxygens (including phenoxy) is 1. The first-order chi connectivity index (χ1) is 13.8. The predicted molar refractivity (Wildman–Crippen MR) is 105 cm³/mol. The number of rotatable bonds is 6. The van der Waals surface area contributed by atoms with E-state index < -0.39 is 17.8 Å². The molecule has 1 fully saturated rings. The van der Waals surface area contributed by atoms with E-state index in [-0.39, 0.29) is 6.61 Å². The van der Waals surface area contributed by atoms with Crippen LogP contribution in [0.25, 0.3) is 0 Å². The highest BCUT2D eigenvalue weighted by atomic mass is 19.4. The minimum atomic E-state index is -4.38. The van der Waals surface area contributed by atoms with Crippen molar-refractivity contribution in [1.29, 1.82) is 0 Å². The van der Waals surface area contributed by atoms with Crippen LogP contribution >= 0.6 is 0 Å². The van der Waals surface area contributed by atoms with E-state index in [2.05, 4.69) is 9.88 Å². The minimum Gasteiger partial charge on any atom is -0.491 e. The average molecular weight is 409 g/mol. The van der Waals surface area contributed by atoms with Gasteiger partial charge in [0, 0.05) is 32.4 Å². The molecule has 5 nitrogen and oxygen atoms in total. The fourth-order valence-electron chi connectivity index (χ4n) is 3.30. The molecule has 8 heteroatoms. The number of pyridine rings is 1. The summed E-state index contributed by atoms with van der Waals surface area (Å²) in [5, 5.41) is 10.3. The van der Waals surface area contributed by atoms with E-state index in [9.17, 15) is 18.3 Å². The summed E-state index contributed by atoms with van der Waals surface area (Å²) >= 11 is 0. The number of aryl methyl sites for hydroxylation is 1. The second kappa shape index (κ2) is 9.45. The van der Waals surface area contributed by atoms with Crippen LogP contribution in [-0.4, -0.2) is 60.4 Å². The molecule has 0 bridgehead atoms. The lowest BCUT2D eigenvalue weighted by Gasteiger charge is -2.24. The molecule has 0 aliphatic carbocycles. The fraction of sp³-hybridized carbons (Fsp3) is 0.476. The number of hydrogen-bond donors (Lipinski definition) is 1. The zero-order valence-electron chi connectivity index (χ0n) is 16.4. The number of β-amino-alcohol motifs (C(OH)–C–C–N with tert-alkyl or cyclic N) is 1. The van der Waals surface area contributed by atoms with E-state index in [4.69, 9.17) is 4.74 Å². The van der Waals surface area contributed by atoms with Crippen LogP contribution in [0.1, 0.15) is 17.5 Å². The Kier molecular flexibility index (Phi) is 6.97. The molecule has 29 heavy (non-hydrogen) atoms. The number of benzene rings is 1. The first-order valence-corrected chi connectivity index (χ1v) is 9.69. The van der Waals surface area contributed by atoms with Crippen molar-refractivity contribution in [2.24, 2.45) is 0 Å². The Hall–Kier alpha value is -2.32. The Bertz CT molecular complexity index is 766. The topological polar surface area (TPSA) is 48.8 Å². The first kappa shape index (κ1) is 21.4. The van der Waals surface area contributed by atoms with Gasteiger partial charge in [-0.3, -0.25) is 4.90 Å². The number of hydrogen-bond acceptors (Lipinski definition) is 5. The summed E-state index contributed by atoms with van der Waals surface area (Å²) in [4.78, 5) is 8.11. The molecule has 0 amide bonds. The van der Waals surface area contributed by atoms with Crippen LogP contribution in [0.2, 0.25) is 0 Å². The van der Waals surface area contributed by atoms with Gasteiger partial charge in [0.25, 0.3) is 0 Å². The molecule has 1 N–H and O–H groups in total. The van der Waals surface area contributed by atoms with E-state index >= 15 is 0 Å². The van der Waals surface area contributed by atoms with Crippen molar-refractivity contribution in [3.05, 3.63) is 53.7 Å². The molecule has 1 aliphatic rings. The maximum Gasteiger partial charge on any atom is 0.417 e. The maximum absolute atomic E-state index is 12.7. The molecule has 0 spiro atoms. The highest BCUT2D eigenvalue weighted by molar-refractivity contribution is 5.40. The van der Waals surface area contributed by atoms with Crippen molar-refractivity contribution in [1.82, 2.24) is 9.88 Å². The Morgan fingerprint density at radius 1 is 1.07 bits per heavy atom. The van der Waals surface area contributed by atoms with Gasteiger partial charge in [-0.15, -0.1) is 0 Å². The van der Waals surface area contributed by atoms with Crippen LogP contribution in [0.4, 0.5) is 19.0 Å². The second-order valence-corrected chi connectivity index (χ2v) is 7.32. The molecule has 1 saturated heterocycles. The summed E-state index contributed by atoms with van der Waals surface area (Å²) in [5.74, 6) is 1.27. The highest BCUT2D eigenvalue weighted by Crippen LogP contribution is 2.29. The summed E-state index contributed by atoms with van der Waals surface area (Å²) in [6.45, 7) is 5.56. The van der Waals surface area contributed by atoms with Crippen molar-refractivity contribution in [3.63, 3.8) is 0 Å². The second-order valence-electron chi connectivity index (χ2n) is 7.32. The molecule has 1 aromatic carbocycles. The number of aliphatic hydroxyl groups excluding tert-OH is 1. The van der Waals surface area contributed by atoms with Gasteiger partial charge in [0.05, 0.1) is 5.56 Å². The van der Waals surface area contributed by atoms with Crippen molar-refractivity contribution < 1.29 is 23.0 Å². The van der Waals surface area contributed by atoms with Crippen LogP contribution in [0.15, 0.2) is 42.6 Å². The molecule has 2 heterocycles. The third-order valence-electron chi connectivity index (χ3n) is 4.92. The SMILES string of the molecule is Cc1ccc(OCC(O)CN2CCCN(c3ccc(C(F)(F)F)cn3)CC2)cc1. The van der Waals surface area contributed by atoms with Gasteiger partial charge in [-0.05, 0) is 44.2 Å². The molecule has 0 saturated carbocycles. The third-order valence-corrected chi connectivity index (χ3v) is 4.92. The van der Waals surface area contributed by atoms with E-state index in [0.29, 0.717) is 32.0 Å². The Morgan fingerprint density at radius 3 is 2.48 bits per heavy atom. The van der Waals surface area contributed by atoms with Gasteiger partial charge < -0.3 is 14.7 Å². The minimum absolute atomic E-state index is 0.212. The summed E-state index contributed by atoms with van der Waals surface area (Å²) in [6.07, 6.45) is -3.27. The van der Waals surface area contributed by atoms with Gasteiger partial charge in [-0.1, -0.05) is 17.7 Å². The van der Waals surface area contributed by atoms with E-state index in [0.717, 1.165) is 36.5 Å². The quantitative estimate of drug-likeness (QED) is 0.793. The van der Waals surface area contributed by atoms with Gasteiger partial charge in [-0.2, -0.15) is 13.2 Å². The van der Waals surface area contributed by atoms with Crippen molar-refractivity contribution in [2.75, 3.05) is 44.2 Å². The largest absolute Gasteiger partial charge is 0.491 e. The number of anilines is 1. The number of aromatic nitrogens is 1. The Morgan fingerprint density at radius 2 is 1.83 bits per heavy atom. The molecule has 0 radical (unpaired) electrons. The van der Waals surface area contributed by atoms with Crippen molar-refractivity contribution in [2.45, 2.75) is 25.6 Å². The number of halogens is 3. The molecule has 1 aromatic heterocycles. The number of alkyl halides is 3. The van der Waals surface area contributed by atoms with Gasteiger partial charge in [0.1, 0.15) is 24.3 Å². The molecule has 2 aromatic rings. The zero-order valence-corrected chi connectivity index (χ0v) is 16.4. The lowest BCUT2D eigenvalue weighted by Crippen LogP contribution is -2.38. The molecular formula is C21H26F3N3O2. The highest BCUT2D eigenvalue weighted by Gasteiger charge is 2.31. The smallest absolute Gasteiger partial charge is 0.417 e. The summed E-state index contributed by atoms with van der Waals surface area (Å²) in [5.41, 5.74) is 0.406. The van der Waals surface area contributed by atoms with Gasteiger partial charge in [0.2, 0.25) is 0 Å². The molecule has 1 unspecified atom stereocenters. The monoisotopic (exact) mass is 409 g/mol. The Balaban J connectivity index is 1.47. The average Bonchev–Trinajstić information content (AvgIpc) is 2.92. The first-order valence-electron chi connectivity index (χ1n) is 9.69. The van der Waals surface area contributed by atoms with Crippen LogP contribution < -0.4 is 9.64 Å². The maximum atomic E-state index is 12.7. The predicted octanol–water partition coefficient (Wildman–Crippen LogP) is 3.36. The third kappa shape index (κ3) is 6.33. The van der Waals surface area contributed by atoms with Crippen LogP contribution in [0, 0.1) is 6.92 Å². The molecule has 158 valence electrons. The van der Waals surface area contributed by atoms with E-state index in [1.54, 1.807) is 0 Å². The van der Waals surface area contributed by atoms with Crippen molar-refractivity contribution in [3.8, 4) is 5.75 Å². The van der Waals surface area contributed by atoms with Crippen molar-refractivity contribution >= 4 is 5.82 Å². The Labute approximate surface area is 168 Å². The van der Waals surface area contributed by atoms with Crippen LogP contribution in [0.3, 0.4) is 0 Å². The molecule has 1 aliphatic heterocycles. The zero-order chi connectivity index (χ0) is 20.9. The van der Waals surface area contributed by atoms with Gasteiger partial charge in [-0.25, -0.2) is 4.98 Å². The summed E-state index contributed by atoms with van der Waals surface area (Å²) in [6, 6.07) is 10.2. The summed E-state index contributed by atoms with van der Waals surface area (Å²) in [7, 11) is 0. The van der Waals surface area contributed by atoms with Gasteiger partial charge >= 0.3 is 6.18 Å². The van der Waals surface area contributed by atoms with E-state index in [1.807, 2.05) is 36.1 Å². The standard InChI is InChI=1S/C21H26F3N3O2/c1-16-3-6-19(7-4-16)29-15-18(28)14-26-9-2-10-27(12-11-26)20-8-5-17(13-25-20)21(22,23)24/h3-8,13,18,28H,2,9-12,14-15H2,1H3. The van der Waals surface area contributed by atoms with Crippen LogP contribution in [0.5, 0.6) is 5.75 Å². The summed E-state index contributed by atoms with van der Waals surface area (Å²) < 4.78 is 43.7. The van der Waals surface area contributed by atoms with Crippen LogP contribution in [-0.2, 0) is 6.18 Å². The van der Waals surface area contributed by atoms with Gasteiger partial charge in [0.15, 0.2) is 0 Å². The fourth-order valence-corrected chi connectivity index (χ4v) is 3.30. The molecule has 3 rings (SSSR count). The molecule has 1 atom stereocenters. The molecular weight excluding hydrogens is 383 g/mol. The lowest BCUT2D eigenvalue weighted by atomic mass is 10.2. The van der Waals surface area contributed by atoms with E-state index in [1.165, 1.54) is 6.07 Å². The number of nitrogens with zero attached hydrogens (tertiary/aromatic N) is 3. The normalized spacial score (nSPS) is 17.1. The lowest BCUT2D eigenvalue weighted by molar-refractivity contribution is -0.137.